The van der Waals surface area contributed by atoms with Crippen LogP contribution < -0.4 is 9.47 Å². The van der Waals surface area contributed by atoms with Gasteiger partial charge in [0.05, 0.1) is 13.2 Å². The zero-order valence-electron chi connectivity index (χ0n) is 16.6. The third-order valence-corrected chi connectivity index (χ3v) is 7.57. The molecular weight excluding hydrogens is 338 g/mol. The van der Waals surface area contributed by atoms with E-state index in [1.54, 1.807) is 7.11 Å². The molecule has 0 N–H and O–H groups in total. The maximum atomic E-state index is 6.86. The number of fused-ring (bicyclic) bond motifs is 4. The predicted molar refractivity (Wildman–Crippen MR) is 105 cm³/mol. The van der Waals surface area contributed by atoms with Crippen LogP contribution in [0.4, 0.5) is 0 Å². The highest BCUT2D eigenvalue weighted by Gasteiger charge is 2.53. The normalized spacial score (nSPS) is 31.0. The van der Waals surface area contributed by atoms with E-state index >= 15 is 0 Å². The van der Waals surface area contributed by atoms with E-state index in [2.05, 4.69) is 17.0 Å². The van der Waals surface area contributed by atoms with Gasteiger partial charge in [0.25, 0.3) is 0 Å². The van der Waals surface area contributed by atoms with E-state index in [1.165, 1.54) is 57.2 Å². The summed E-state index contributed by atoms with van der Waals surface area (Å²) in [5.41, 5.74) is 1.11. The lowest BCUT2D eigenvalue weighted by Gasteiger charge is -2.54. The van der Waals surface area contributed by atoms with Crippen LogP contribution in [0.5, 0.6) is 11.5 Å². The summed E-state index contributed by atoms with van der Waals surface area (Å²) in [4.78, 5) is 2.75. The second-order valence-electron chi connectivity index (χ2n) is 8.91. The number of rotatable bonds is 2. The Hall–Kier alpha value is -1.26. The fourth-order valence-corrected chi connectivity index (χ4v) is 6.12. The highest BCUT2D eigenvalue weighted by molar-refractivity contribution is 5.50. The van der Waals surface area contributed by atoms with Crippen molar-refractivity contribution in [3.8, 4) is 11.5 Å². The summed E-state index contributed by atoms with van der Waals surface area (Å²) in [5, 5.41) is 0. The Morgan fingerprint density at radius 1 is 1.04 bits per heavy atom. The van der Waals surface area contributed by atoms with Crippen LogP contribution in [0.1, 0.15) is 69.5 Å². The van der Waals surface area contributed by atoms with Crippen molar-refractivity contribution in [2.24, 2.45) is 5.92 Å². The van der Waals surface area contributed by atoms with Gasteiger partial charge in [-0.1, -0.05) is 31.4 Å². The molecule has 1 aliphatic carbocycles. The fourth-order valence-electron chi connectivity index (χ4n) is 6.12. The van der Waals surface area contributed by atoms with Crippen molar-refractivity contribution >= 4 is 0 Å². The van der Waals surface area contributed by atoms with Crippen molar-refractivity contribution in [3.63, 3.8) is 0 Å². The molecule has 0 aromatic heterocycles. The number of piperidine rings is 1. The largest absolute Gasteiger partial charge is 0.493 e. The summed E-state index contributed by atoms with van der Waals surface area (Å²) in [6.45, 7) is 3.19. The molecule has 0 radical (unpaired) electrons. The van der Waals surface area contributed by atoms with Gasteiger partial charge in [-0.2, -0.15) is 0 Å². The molecule has 3 heterocycles. The summed E-state index contributed by atoms with van der Waals surface area (Å²) in [7, 11) is 1.74. The third-order valence-electron chi connectivity index (χ3n) is 7.57. The van der Waals surface area contributed by atoms with Crippen molar-refractivity contribution in [2.75, 3.05) is 26.8 Å². The number of benzene rings is 1. The van der Waals surface area contributed by atoms with E-state index in [1.807, 2.05) is 6.07 Å². The highest BCUT2D eigenvalue weighted by Crippen LogP contribution is 2.55. The van der Waals surface area contributed by atoms with Gasteiger partial charge in [-0.05, 0) is 31.7 Å². The molecule has 1 spiro atoms. The minimum absolute atomic E-state index is 0.0854. The van der Waals surface area contributed by atoms with Crippen LogP contribution >= 0.6 is 0 Å². The van der Waals surface area contributed by atoms with Crippen molar-refractivity contribution in [1.29, 1.82) is 0 Å². The molecule has 1 aromatic rings. The summed E-state index contributed by atoms with van der Waals surface area (Å²) < 4.78 is 18.8. The molecule has 3 fully saturated rings. The van der Waals surface area contributed by atoms with Crippen molar-refractivity contribution < 1.29 is 14.2 Å². The Bertz CT molecular complexity index is 662. The lowest BCUT2D eigenvalue weighted by molar-refractivity contribution is -0.153. The van der Waals surface area contributed by atoms with Crippen LogP contribution in [-0.4, -0.2) is 43.3 Å². The van der Waals surface area contributed by atoms with Gasteiger partial charge >= 0.3 is 0 Å². The quantitative estimate of drug-likeness (QED) is 0.752. The third kappa shape index (κ3) is 3.05. The topological polar surface area (TPSA) is 30.9 Å². The Labute approximate surface area is 163 Å². The minimum Gasteiger partial charge on any atom is -0.493 e. The number of hydrogen-bond donors (Lipinski definition) is 0. The Balaban J connectivity index is 1.42. The zero-order valence-corrected chi connectivity index (χ0v) is 16.6. The number of methoxy groups -OCH3 is 1. The molecule has 4 nitrogen and oxygen atoms in total. The van der Waals surface area contributed by atoms with Gasteiger partial charge in [0.1, 0.15) is 5.60 Å². The van der Waals surface area contributed by atoms with Crippen molar-refractivity contribution in [2.45, 2.75) is 75.5 Å². The van der Waals surface area contributed by atoms with Gasteiger partial charge in [-0.3, -0.25) is 0 Å². The summed E-state index contributed by atoms with van der Waals surface area (Å²) >= 11 is 0. The predicted octanol–water partition coefficient (Wildman–Crippen LogP) is 4.72. The van der Waals surface area contributed by atoms with Crippen LogP contribution in [-0.2, 0) is 4.74 Å². The monoisotopic (exact) mass is 371 g/mol. The second-order valence-corrected chi connectivity index (χ2v) is 8.91. The van der Waals surface area contributed by atoms with E-state index in [4.69, 9.17) is 14.2 Å². The van der Waals surface area contributed by atoms with Crippen molar-refractivity contribution in [1.82, 2.24) is 4.90 Å². The first-order chi connectivity index (χ1) is 13.3. The lowest BCUT2D eigenvalue weighted by Crippen LogP contribution is -2.58. The molecule has 4 aliphatic rings. The molecule has 2 saturated heterocycles. The maximum Gasteiger partial charge on any atom is 0.167 e. The van der Waals surface area contributed by atoms with E-state index in [0.717, 1.165) is 43.4 Å². The van der Waals surface area contributed by atoms with Gasteiger partial charge in [-0.25, -0.2) is 0 Å². The molecule has 0 amide bonds. The molecule has 1 saturated carbocycles. The molecule has 4 heteroatoms. The van der Waals surface area contributed by atoms with Crippen LogP contribution in [0.25, 0.3) is 0 Å². The van der Waals surface area contributed by atoms with E-state index in [9.17, 15) is 0 Å². The molecule has 0 unspecified atom stereocenters. The Kier molecular flexibility index (Phi) is 4.81. The molecule has 2 atom stereocenters. The van der Waals surface area contributed by atoms with Crippen molar-refractivity contribution in [3.05, 3.63) is 23.8 Å². The number of nitrogens with zero attached hydrogens (tertiary/aromatic N) is 1. The molecule has 148 valence electrons. The fraction of sp³-hybridized carbons (Fsp3) is 0.739. The number of para-hydroxylation sites is 1. The summed E-state index contributed by atoms with van der Waals surface area (Å²) in [5.74, 6) is 2.27. The van der Waals surface area contributed by atoms with Crippen LogP contribution in [0, 0.1) is 5.92 Å². The molecule has 27 heavy (non-hydrogen) atoms. The van der Waals surface area contributed by atoms with Crippen LogP contribution in [0.2, 0.25) is 0 Å². The minimum atomic E-state index is -0.0854. The molecule has 3 aliphatic heterocycles. The second kappa shape index (κ2) is 7.29. The van der Waals surface area contributed by atoms with Crippen LogP contribution in [0.15, 0.2) is 18.2 Å². The first-order valence-electron chi connectivity index (χ1n) is 11.0. The standard InChI is InChI=1S/C23H33NO3/c1-25-20-11-5-9-18-21-19(10-6-16-26-21)23(27-22(18)20)12-14-24(15-13-23)17-7-3-2-4-8-17/h5,9,11,17,19,21H,2-4,6-8,10,12-16H2,1H3/t19-,21+/m1/s1. The van der Waals surface area contributed by atoms with Gasteiger partial charge < -0.3 is 19.1 Å². The highest BCUT2D eigenvalue weighted by atomic mass is 16.5. The number of hydrogen-bond acceptors (Lipinski definition) is 4. The van der Waals surface area contributed by atoms with Crippen LogP contribution in [0.3, 0.4) is 0 Å². The molecule has 1 aromatic carbocycles. The zero-order chi connectivity index (χ0) is 18.3. The SMILES string of the molecule is COc1cccc2c1OC1(CCN(C3CCCCC3)CC1)[C@@H]1CCCO[C@@H]21. The van der Waals surface area contributed by atoms with Gasteiger partial charge in [0, 0.05) is 50.1 Å². The van der Waals surface area contributed by atoms with Gasteiger partial charge in [0.2, 0.25) is 0 Å². The maximum absolute atomic E-state index is 6.86. The number of ether oxygens (including phenoxy) is 3. The average Bonchev–Trinajstić information content (AvgIpc) is 2.75. The number of likely N-dealkylation sites (tertiary alicyclic amines) is 1. The summed E-state index contributed by atoms with van der Waals surface area (Å²) in [6, 6.07) is 7.07. The smallest absolute Gasteiger partial charge is 0.167 e. The lowest BCUT2D eigenvalue weighted by atomic mass is 9.69. The summed E-state index contributed by atoms with van der Waals surface area (Å²) in [6.07, 6.45) is 11.8. The Morgan fingerprint density at radius 3 is 2.63 bits per heavy atom. The average molecular weight is 372 g/mol. The first kappa shape index (κ1) is 17.8. The molecule has 5 rings (SSSR count). The van der Waals surface area contributed by atoms with Gasteiger partial charge in [0.15, 0.2) is 11.5 Å². The first-order valence-corrected chi connectivity index (χ1v) is 11.0. The molecule has 0 bridgehead atoms. The molecular formula is C23H33NO3. The van der Waals surface area contributed by atoms with Gasteiger partial charge in [-0.15, -0.1) is 0 Å². The van der Waals surface area contributed by atoms with E-state index in [0.29, 0.717) is 5.92 Å². The van der Waals surface area contributed by atoms with E-state index < -0.39 is 0 Å². The Morgan fingerprint density at radius 2 is 1.85 bits per heavy atom. The van der Waals surface area contributed by atoms with E-state index in [-0.39, 0.29) is 11.7 Å².